The summed E-state index contributed by atoms with van der Waals surface area (Å²) in [4.78, 5) is 15.6. The van der Waals surface area contributed by atoms with Crippen LogP contribution in [-0.2, 0) is 6.54 Å². The number of rotatable bonds is 3. The van der Waals surface area contributed by atoms with Crippen molar-refractivity contribution >= 4 is 17.2 Å². The van der Waals surface area contributed by atoms with E-state index < -0.39 is 0 Å². The van der Waals surface area contributed by atoms with Crippen LogP contribution in [-0.4, -0.2) is 51.0 Å². The lowest BCUT2D eigenvalue weighted by molar-refractivity contribution is 0.0597. The highest BCUT2D eigenvalue weighted by Gasteiger charge is 2.30. The Balaban J connectivity index is 1.71. The zero-order valence-electron chi connectivity index (χ0n) is 12.2. The van der Waals surface area contributed by atoms with Gasteiger partial charge in [-0.05, 0) is 25.3 Å². The molecule has 7 heteroatoms. The lowest BCUT2D eigenvalue weighted by Crippen LogP contribution is -2.57. The van der Waals surface area contributed by atoms with Crippen LogP contribution in [0.5, 0.6) is 0 Å². The quantitative estimate of drug-likeness (QED) is 0.926. The number of thiophene rings is 1. The molecule has 0 bridgehead atoms. The van der Waals surface area contributed by atoms with Gasteiger partial charge in [-0.3, -0.25) is 4.79 Å². The predicted octanol–water partition coefficient (Wildman–Crippen LogP) is 1.21. The molecule has 0 aliphatic carbocycles. The number of aromatic nitrogens is 3. The second-order valence-corrected chi connectivity index (χ2v) is 6.39. The molecule has 0 saturated carbocycles. The van der Waals surface area contributed by atoms with Crippen molar-refractivity contribution in [1.82, 2.24) is 25.2 Å². The average Bonchev–Trinajstić information content (AvgIpc) is 3.13. The summed E-state index contributed by atoms with van der Waals surface area (Å²) in [6, 6.07) is 4.51. The third-order valence-electron chi connectivity index (χ3n) is 3.95. The number of carbonyl (C=O) groups is 1. The van der Waals surface area contributed by atoms with Gasteiger partial charge in [0.15, 0.2) is 5.69 Å². The van der Waals surface area contributed by atoms with Crippen LogP contribution >= 0.6 is 11.3 Å². The van der Waals surface area contributed by atoms with E-state index in [9.17, 15) is 4.79 Å². The summed E-state index contributed by atoms with van der Waals surface area (Å²) >= 11 is 1.67. The van der Waals surface area contributed by atoms with E-state index in [0.717, 1.165) is 6.54 Å². The molecule has 3 rings (SSSR count). The van der Waals surface area contributed by atoms with Crippen LogP contribution < -0.4 is 5.32 Å². The van der Waals surface area contributed by atoms with Gasteiger partial charge in [0.05, 0.1) is 12.7 Å². The Morgan fingerprint density at radius 1 is 1.52 bits per heavy atom. The van der Waals surface area contributed by atoms with E-state index in [1.807, 2.05) is 22.4 Å². The highest BCUT2D eigenvalue weighted by molar-refractivity contribution is 7.09. The van der Waals surface area contributed by atoms with Crippen molar-refractivity contribution in [3.63, 3.8) is 0 Å². The molecule has 1 amide bonds. The summed E-state index contributed by atoms with van der Waals surface area (Å²) in [6.45, 7) is 6.34. The van der Waals surface area contributed by atoms with Crippen LogP contribution in [0.2, 0.25) is 0 Å². The molecule has 3 heterocycles. The highest BCUT2D eigenvalue weighted by Crippen LogP contribution is 2.14. The standard InChI is InChI=1S/C14H19N5OS/c1-10-11(2)19(6-5-15-10)14(20)13-9-18(17-16-13)8-12-4-3-7-21-12/h3-4,7,9-11,15H,5-6,8H2,1-2H3. The van der Waals surface area contributed by atoms with Gasteiger partial charge in [-0.15, -0.1) is 16.4 Å². The lowest BCUT2D eigenvalue weighted by Gasteiger charge is -2.38. The minimum absolute atomic E-state index is 0.0340. The summed E-state index contributed by atoms with van der Waals surface area (Å²) in [6.07, 6.45) is 1.74. The van der Waals surface area contributed by atoms with Gasteiger partial charge in [0.1, 0.15) is 0 Å². The Bertz CT molecular complexity index is 609. The molecule has 2 aromatic rings. The van der Waals surface area contributed by atoms with Crippen molar-refractivity contribution in [2.45, 2.75) is 32.5 Å². The summed E-state index contributed by atoms with van der Waals surface area (Å²) in [5.74, 6) is -0.0340. The minimum atomic E-state index is -0.0340. The topological polar surface area (TPSA) is 63.1 Å². The summed E-state index contributed by atoms with van der Waals surface area (Å²) < 4.78 is 1.72. The SMILES string of the molecule is CC1NCCN(C(=O)c2cn(Cc3cccs3)nn2)C1C. The molecule has 1 saturated heterocycles. The number of piperazine rings is 1. The Kier molecular flexibility index (Phi) is 4.03. The molecule has 112 valence electrons. The monoisotopic (exact) mass is 305 g/mol. The van der Waals surface area contributed by atoms with Crippen molar-refractivity contribution in [3.8, 4) is 0 Å². The Morgan fingerprint density at radius 3 is 3.14 bits per heavy atom. The van der Waals surface area contributed by atoms with Crippen LogP contribution in [0.25, 0.3) is 0 Å². The maximum atomic E-state index is 12.6. The van der Waals surface area contributed by atoms with Crippen molar-refractivity contribution in [2.24, 2.45) is 0 Å². The van der Waals surface area contributed by atoms with E-state index in [1.165, 1.54) is 4.88 Å². The summed E-state index contributed by atoms with van der Waals surface area (Å²) in [7, 11) is 0. The maximum Gasteiger partial charge on any atom is 0.276 e. The first-order chi connectivity index (χ1) is 10.1. The Hall–Kier alpha value is -1.73. The number of nitrogens with zero attached hydrogens (tertiary/aromatic N) is 4. The van der Waals surface area contributed by atoms with Crippen LogP contribution in [0.15, 0.2) is 23.7 Å². The van der Waals surface area contributed by atoms with Gasteiger partial charge in [0, 0.05) is 30.1 Å². The number of carbonyl (C=O) groups excluding carboxylic acids is 1. The number of hydrogen-bond donors (Lipinski definition) is 1. The molecular formula is C14H19N5OS. The van der Waals surface area contributed by atoms with Gasteiger partial charge in [-0.1, -0.05) is 11.3 Å². The second kappa shape index (κ2) is 5.95. The molecule has 1 aliphatic rings. The average molecular weight is 305 g/mol. The molecular weight excluding hydrogens is 286 g/mol. The van der Waals surface area contributed by atoms with Crippen LogP contribution in [0.4, 0.5) is 0 Å². The van der Waals surface area contributed by atoms with Crippen LogP contribution in [0, 0.1) is 0 Å². The molecule has 2 atom stereocenters. The number of amides is 1. The molecule has 2 unspecified atom stereocenters. The van der Waals surface area contributed by atoms with Crippen LogP contribution in [0.1, 0.15) is 29.2 Å². The molecule has 21 heavy (non-hydrogen) atoms. The fourth-order valence-electron chi connectivity index (χ4n) is 2.53. The normalized spacial score (nSPS) is 22.5. The van der Waals surface area contributed by atoms with E-state index in [2.05, 4.69) is 29.5 Å². The third-order valence-corrected chi connectivity index (χ3v) is 4.81. The van der Waals surface area contributed by atoms with E-state index in [-0.39, 0.29) is 11.9 Å². The molecule has 0 radical (unpaired) electrons. The molecule has 6 nitrogen and oxygen atoms in total. The third kappa shape index (κ3) is 2.98. The molecule has 0 spiro atoms. The number of hydrogen-bond acceptors (Lipinski definition) is 5. The molecule has 1 aliphatic heterocycles. The van der Waals surface area contributed by atoms with Crippen molar-refractivity contribution in [2.75, 3.05) is 13.1 Å². The number of nitrogens with one attached hydrogen (secondary N) is 1. The van der Waals surface area contributed by atoms with E-state index in [1.54, 1.807) is 22.2 Å². The first-order valence-electron chi connectivity index (χ1n) is 7.12. The Labute approximate surface area is 127 Å². The van der Waals surface area contributed by atoms with Gasteiger partial charge >= 0.3 is 0 Å². The van der Waals surface area contributed by atoms with E-state index >= 15 is 0 Å². The predicted molar refractivity (Wildman–Crippen MR) is 81.4 cm³/mol. The fraction of sp³-hybridized carbons (Fsp3) is 0.500. The van der Waals surface area contributed by atoms with Gasteiger partial charge < -0.3 is 10.2 Å². The fourth-order valence-corrected chi connectivity index (χ4v) is 3.22. The zero-order valence-corrected chi connectivity index (χ0v) is 13.0. The van der Waals surface area contributed by atoms with Gasteiger partial charge in [0.25, 0.3) is 5.91 Å². The maximum absolute atomic E-state index is 12.6. The second-order valence-electron chi connectivity index (χ2n) is 5.36. The highest BCUT2D eigenvalue weighted by atomic mass is 32.1. The summed E-state index contributed by atoms with van der Waals surface area (Å²) in [5.41, 5.74) is 0.424. The summed E-state index contributed by atoms with van der Waals surface area (Å²) in [5, 5.41) is 13.5. The lowest BCUT2D eigenvalue weighted by atomic mass is 10.1. The van der Waals surface area contributed by atoms with Crippen molar-refractivity contribution in [3.05, 3.63) is 34.3 Å². The molecule has 0 aromatic carbocycles. The van der Waals surface area contributed by atoms with Crippen molar-refractivity contribution in [1.29, 1.82) is 0 Å². The minimum Gasteiger partial charge on any atom is -0.332 e. The molecule has 1 fully saturated rings. The van der Waals surface area contributed by atoms with Crippen LogP contribution in [0.3, 0.4) is 0 Å². The molecule has 1 N–H and O–H groups in total. The van der Waals surface area contributed by atoms with Gasteiger partial charge in [-0.25, -0.2) is 4.68 Å². The van der Waals surface area contributed by atoms with Crippen molar-refractivity contribution < 1.29 is 4.79 Å². The first kappa shape index (κ1) is 14.2. The zero-order chi connectivity index (χ0) is 14.8. The van der Waals surface area contributed by atoms with E-state index in [4.69, 9.17) is 0 Å². The van der Waals surface area contributed by atoms with E-state index in [0.29, 0.717) is 24.8 Å². The molecule has 2 aromatic heterocycles. The Morgan fingerprint density at radius 2 is 2.38 bits per heavy atom. The van der Waals surface area contributed by atoms with Gasteiger partial charge in [-0.2, -0.15) is 0 Å². The first-order valence-corrected chi connectivity index (χ1v) is 8.00. The smallest absolute Gasteiger partial charge is 0.276 e. The largest absolute Gasteiger partial charge is 0.332 e. The van der Waals surface area contributed by atoms with Gasteiger partial charge in [0.2, 0.25) is 0 Å².